The van der Waals surface area contributed by atoms with E-state index in [4.69, 9.17) is 5.73 Å². The quantitative estimate of drug-likeness (QED) is 0.772. The summed E-state index contributed by atoms with van der Waals surface area (Å²) in [5.74, 6) is 0.763. The van der Waals surface area contributed by atoms with Crippen molar-refractivity contribution >= 4 is 17.3 Å². The van der Waals surface area contributed by atoms with Crippen molar-refractivity contribution < 1.29 is 4.79 Å². The van der Waals surface area contributed by atoms with Crippen molar-refractivity contribution in [3.05, 3.63) is 23.8 Å². The van der Waals surface area contributed by atoms with Gasteiger partial charge in [-0.1, -0.05) is 0 Å². The molecule has 0 unspecified atom stereocenters. The molecular formula is C15H23N3O. The fourth-order valence-corrected chi connectivity index (χ4v) is 2.23. The number of rotatable bonds is 6. The number of anilines is 2. The van der Waals surface area contributed by atoms with Crippen LogP contribution in [-0.4, -0.2) is 25.5 Å². The van der Waals surface area contributed by atoms with E-state index in [-0.39, 0.29) is 5.91 Å². The number of hydrogen-bond donors (Lipinski definition) is 2. The molecule has 0 aromatic heterocycles. The number of carbonyl (C=O) groups excluding carboxylic acids is 1. The summed E-state index contributed by atoms with van der Waals surface area (Å²) < 4.78 is 0. The number of amides is 1. The van der Waals surface area contributed by atoms with Crippen molar-refractivity contribution in [3.63, 3.8) is 0 Å². The molecule has 4 heteroatoms. The van der Waals surface area contributed by atoms with E-state index in [0.29, 0.717) is 12.1 Å². The van der Waals surface area contributed by atoms with Gasteiger partial charge in [0.15, 0.2) is 0 Å². The Labute approximate surface area is 115 Å². The van der Waals surface area contributed by atoms with E-state index in [9.17, 15) is 4.79 Å². The van der Waals surface area contributed by atoms with Crippen molar-refractivity contribution in [2.75, 3.05) is 30.3 Å². The molecule has 0 radical (unpaired) electrons. The van der Waals surface area contributed by atoms with E-state index in [1.165, 1.54) is 12.8 Å². The van der Waals surface area contributed by atoms with Crippen LogP contribution in [0.4, 0.5) is 11.4 Å². The normalized spacial score (nSPS) is 14.2. The average Bonchev–Trinajstić information content (AvgIpc) is 3.21. The molecule has 0 heterocycles. The topological polar surface area (TPSA) is 58.4 Å². The van der Waals surface area contributed by atoms with Gasteiger partial charge in [0, 0.05) is 25.2 Å². The Morgan fingerprint density at radius 3 is 2.74 bits per heavy atom. The smallest absolute Gasteiger partial charge is 0.251 e. The first-order valence-electron chi connectivity index (χ1n) is 7.08. The summed E-state index contributed by atoms with van der Waals surface area (Å²) in [5, 5.41) is 2.82. The lowest BCUT2D eigenvalue weighted by molar-refractivity contribution is 0.0956. The predicted molar refractivity (Wildman–Crippen MR) is 79.5 cm³/mol. The highest BCUT2D eigenvalue weighted by atomic mass is 16.1. The first-order chi connectivity index (χ1) is 9.15. The van der Waals surface area contributed by atoms with Crippen LogP contribution in [0.2, 0.25) is 0 Å². The highest BCUT2D eigenvalue weighted by molar-refractivity contribution is 5.96. The van der Waals surface area contributed by atoms with Crippen molar-refractivity contribution in [1.29, 1.82) is 0 Å². The van der Waals surface area contributed by atoms with Gasteiger partial charge in [-0.15, -0.1) is 0 Å². The van der Waals surface area contributed by atoms with Gasteiger partial charge in [0.1, 0.15) is 0 Å². The second-order valence-electron chi connectivity index (χ2n) is 5.12. The summed E-state index contributed by atoms with van der Waals surface area (Å²) in [6.45, 7) is 6.64. The third kappa shape index (κ3) is 3.40. The lowest BCUT2D eigenvalue weighted by Crippen LogP contribution is -2.27. The molecule has 1 saturated carbocycles. The van der Waals surface area contributed by atoms with Gasteiger partial charge in [0.05, 0.1) is 11.4 Å². The highest BCUT2D eigenvalue weighted by Crippen LogP contribution is 2.33. The Kier molecular flexibility index (Phi) is 4.30. The van der Waals surface area contributed by atoms with Crippen LogP contribution in [0.15, 0.2) is 18.2 Å². The number of nitrogens with one attached hydrogen (secondary N) is 1. The summed E-state index contributed by atoms with van der Waals surface area (Å²) in [4.78, 5) is 14.2. The molecule has 1 aromatic rings. The summed E-state index contributed by atoms with van der Waals surface area (Å²) in [5.41, 5.74) is 8.47. The molecule has 0 saturated heterocycles. The van der Waals surface area contributed by atoms with E-state index < -0.39 is 0 Å². The number of nitrogens with zero attached hydrogens (tertiary/aromatic N) is 1. The van der Waals surface area contributed by atoms with Crippen LogP contribution in [-0.2, 0) is 0 Å². The Morgan fingerprint density at radius 1 is 1.42 bits per heavy atom. The Morgan fingerprint density at radius 2 is 2.16 bits per heavy atom. The Balaban J connectivity index is 2.21. The minimum absolute atomic E-state index is 0.0359. The van der Waals surface area contributed by atoms with Crippen LogP contribution in [0.25, 0.3) is 0 Å². The van der Waals surface area contributed by atoms with Gasteiger partial charge in [-0.3, -0.25) is 4.79 Å². The molecule has 1 amide bonds. The monoisotopic (exact) mass is 261 g/mol. The summed E-state index contributed by atoms with van der Waals surface area (Å²) in [6.07, 6.45) is 2.62. The highest BCUT2D eigenvalue weighted by Gasteiger charge is 2.24. The average molecular weight is 261 g/mol. The van der Waals surface area contributed by atoms with E-state index in [2.05, 4.69) is 17.1 Å². The maximum atomic E-state index is 11.9. The molecule has 1 aromatic carbocycles. The summed E-state index contributed by atoms with van der Waals surface area (Å²) in [6, 6.07) is 5.52. The van der Waals surface area contributed by atoms with E-state index in [1.54, 1.807) is 6.07 Å². The summed E-state index contributed by atoms with van der Waals surface area (Å²) in [7, 11) is 0. The van der Waals surface area contributed by atoms with Crippen LogP contribution in [0.1, 0.15) is 37.0 Å². The number of carbonyl (C=O) groups is 1. The van der Waals surface area contributed by atoms with Crippen molar-refractivity contribution in [2.24, 2.45) is 5.92 Å². The summed E-state index contributed by atoms with van der Waals surface area (Å²) >= 11 is 0. The predicted octanol–water partition coefficient (Wildman–Crippen LogP) is 2.25. The lowest BCUT2D eigenvalue weighted by Gasteiger charge is -2.25. The molecule has 4 nitrogen and oxygen atoms in total. The van der Waals surface area contributed by atoms with Gasteiger partial charge in [0.2, 0.25) is 0 Å². The van der Waals surface area contributed by atoms with Gasteiger partial charge in [-0.25, -0.2) is 0 Å². The van der Waals surface area contributed by atoms with Crippen molar-refractivity contribution in [2.45, 2.75) is 26.7 Å². The molecule has 3 N–H and O–H groups in total. The third-order valence-electron chi connectivity index (χ3n) is 3.53. The van der Waals surface area contributed by atoms with Crippen LogP contribution in [0, 0.1) is 5.92 Å². The molecule has 1 fully saturated rings. The van der Waals surface area contributed by atoms with Crippen LogP contribution >= 0.6 is 0 Å². The van der Waals surface area contributed by atoms with Gasteiger partial charge >= 0.3 is 0 Å². The van der Waals surface area contributed by atoms with Gasteiger partial charge in [-0.2, -0.15) is 0 Å². The zero-order valence-corrected chi connectivity index (χ0v) is 11.8. The van der Waals surface area contributed by atoms with E-state index >= 15 is 0 Å². The fourth-order valence-electron chi connectivity index (χ4n) is 2.23. The largest absolute Gasteiger partial charge is 0.397 e. The minimum atomic E-state index is -0.0359. The van der Waals surface area contributed by atoms with Gasteiger partial charge < -0.3 is 16.0 Å². The van der Waals surface area contributed by atoms with Gasteiger partial charge in [-0.05, 0) is 50.8 Å². The minimum Gasteiger partial charge on any atom is -0.397 e. The van der Waals surface area contributed by atoms with Gasteiger partial charge in [0.25, 0.3) is 5.91 Å². The molecule has 0 spiro atoms. The second kappa shape index (κ2) is 5.95. The standard InChI is InChI=1S/C15H23N3O/c1-3-17-15(19)12-7-8-13(16)14(9-12)18(4-2)10-11-5-6-11/h7-9,11H,3-6,10,16H2,1-2H3,(H,17,19). The van der Waals surface area contributed by atoms with Crippen LogP contribution < -0.4 is 16.0 Å². The number of nitrogens with two attached hydrogens (primary N) is 1. The Bertz CT molecular complexity index is 455. The molecule has 0 bridgehead atoms. The molecule has 104 valence electrons. The first kappa shape index (κ1) is 13.7. The van der Waals surface area contributed by atoms with Crippen LogP contribution in [0.5, 0.6) is 0 Å². The molecule has 0 atom stereocenters. The van der Waals surface area contributed by atoms with Crippen molar-refractivity contribution in [3.8, 4) is 0 Å². The molecule has 2 rings (SSSR count). The van der Waals surface area contributed by atoms with E-state index in [1.807, 2.05) is 19.1 Å². The second-order valence-corrected chi connectivity index (χ2v) is 5.12. The molecule has 0 aliphatic heterocycles. The lowest BCUT2D eigenvalue weighted by atomic mass is 10.1. The fraction of sp³-hybridized carbons (Fsp3) is 0.533. The SMILES string of the molecule is CCNC(=O)c1ccc(N)c(N(CC)CC2CC2)c1. The number of benzene rings is 1. The maximum absolute atomic E-state index is 11.9. The molecule has 1 aliphatic rings. The van der Waals surface area contributed by atoms with Crippen molar-refractivity contribution in [1.82, 2.24) is 5.32 Å². The zero-order chi connectivity index (χ0) is 13.8. The molecule has 19 heavy (non-hydrogen) atoms. The number of hydrogen-bond acceptors (Lipinski definition) is 3. The third-order valence-corrected chi connectivity index (χ3v) is 3.53. The zero-order valence-electron chi connectivity index (χ0n) is 11.8. The first-order valence-corrected chi connectivity index (χ1v) is 7.08. The number of nitrogen functional groups attached to an aromatic ring is 1. The Hall–Kier alpha value is -1.71. The molecular weight excluding hydrogens is 238 g/mol. The van der Waals surface area contributed by atoms with Crippen LogP contribution in [0.3, 0.4) is 0 Å². The maximum Gasteiger partial charge on any atom is 0.251 e. The molecule has 1 aliphatic carbocycles. The van der Waals surface area contributed by atoms with E-state index in [0.717, 1.165) is 30.4 Å².